The van der Waals surface area contributed by atoms with E-state index in [2.05, 4.69) is 15.0 Å². The van der Waals surface area contributed by atoms with E-state index in [-0.39, 0.29) is 0 Å². The van der Waals surface area contributed by atoms with Gasteiger partial charge in [-0.15, -0.1) is 0 Å². The molecular weight excluding hydrogens is 232 g/mol. The van der Waals surface area contributed by atoms with Crippen LogP contribution in [0.25, 0.3) is 0 Å². The SMILES string of the molecule is COC(=O)C(C)(O)CN1CCCC1C1CCCN1. The molecule has 2 rings (SSSR count). The van der Waals surface area contributed by atoms with E-state index in [9.17, 15) is 9.90 Å². The number of carbonyl (C=O) groups is 1. The number of carbonyl (C=O) groups excluding carboxylic acids is 1. The molecule has 3 unspecified atom stereocenters. The topological polar surface area (TPSA) is 61.8 Å². The maximum Gasteiger partial charge on any atom is 0.338 e. The zero-order chi connectivity index (χ0) is 13.2. The lowest BCUT2D eigenvalue weighted by molar-refractivity contribution is -0.162. The first-order chi connectivity index (χ1) is 8.54. The fourth-order valence-corrected chi connectivity index (χ4v) is 3.22. The van der Waals surface area contributed by atoms with E-state index in [0.29, 0.717) is 18.6 Å². The largest absolute Gasteiger partial charge is 0.467 e. The van der Waals surface area contributed by atoms with E-state index in [4.69, 9.17) is 0 Å². The van der Waals surface area contributed by atoms with E-state index in [0.717, 1.165) is 25.9 Å². The summed E-state index contributed by atoms with van der Waals surface area (Å²) < 4.78 is 4.65. The molecule has 0 bridgehead atoms. The van der Waals surface area contributed by atoms with E-state index in [1.54, 1.807) is 0 Å². The summed E-state index contributed by atoms with van der Waals surface area (Å²) in [4.78, 5) is 13.8. The lowest BCUT2D eigenvalue weighted by Crippen LogP contribution is -2.52. The van der Waals surface area contributed by atoms with Gasteiger partial charge in [0.05, 0.1) is 7.11 Å². The molecule has 2 aliphatic rings. The minimum Gasteiger partial charge on any atom is -0.467 e. The summed E-state index contributed by atoms with van der Waals surface area (Å²) in [6.07, 6.45) is 4.71. The standard InChI is InChI=1S/C13H24N2O3/c1-13(17,12(16)18-2)9-15-8-4-6-11(15)10-5-3-7-14-10/h10-11,14,17H,3-9H2,1-2H3. The minimum absolute atomic E-state index is 0.364. The van der Waals surface area contributed by atoms with Crippen molar-refractivity contribution in [3.05, 3.63) is 0 Å². The van der Waals surface area contributed by atoms with Crippen LogP contribution in [0.4, 0.5) is 0 Å². The average Bonchev–Trinajstić information content (AvgIpc) is 2.97. The molecule has 0 spiro atoms. The normalized spacial score (nSPS) is 32.4. The third kappa shape index (κ3) is 2.84. The predicted octanol–water partition coefficient (Wildman–Crippen LogP) is 0.127. The van der Waals surface area contributed by atoms with Crippen molar-refractivity contribution < 1.29 is 14.6 Å². The zero-order valence-corrected chi connectivity index (χ0v) is 11.3. The van der Waals surface area contributed by atoms with Gasteiger partial charge in [-0.05, 0) is 45.7 Å². The number of rotatable bonds is 4. The molecule has 0 radical (unpaired) electrons. The van der Waals surface area contributed by atoms with Gasteiger partial charge in [0.15, 0.2) is 5.60 Å². The Bertz CT molecular complexity index is 301. The number of esters is 1. The van der Waals surface area contributed by atoms with Gasteiger partial charge in [0.1, 0.15) is 0 Å². The summed E-state index contributed by atoms with van der Waals surface area (Å²) in [5.41, 5.74) is -1.41. The van der Waals surface area contributed by atoms with Crippen LogP contribution in [0.15, 0.2) is 0 Å². The van der Waals surface area contributed by atoms with Crippen LogP contribution in [0.3, 0.4) is 0 Å². The highest BCUT2D eigenvalue weighted by Gasteiger charge is 2.40. The van der Waals surface area contributed by atoms with Gasteiger partial charge in [-0.2, -0.15) is 0 Å². The molecule has 3 atom stereocenters. The van der Waals surface area contributed by atoms with Gasteiger partial charge in [-0.1, -0.05) is 0 Å². The third-order valence-corrected chi connectivity index (χ3v) is 4.11. The highest BCUT2D eigenvalue weighted by atomic mass is 16.5. The molecule has 0 amide bonds. The molecular formula is C13H24N2O3. The Morgan fingerprint density at radius 3 is 2.89 bits per heavy atom. The molecule has 2 aliphatic heterocycles. The molecule has 5 heteroatoms. The number of nitrogens with zero attached hydrogens (tertiary/aromatic N) is 1. The quantitative estimate of drug-likeness (QED) is 0.700. The first-order valence-electron chi connectivity index (χ1n) is 6.83. The van der Waals surface area contributed by atoms with Gasteiger partial charge in [-0.3, -0.25) is 4.90 Å². The van der Waals surface area contributed by atoms with Gasteiger partial charge >= 0.3 is 5.97 Å². The van der Waals surface area contributed by atoms with Gasteiger partial charge in [0, 0.05) is 18.6 Å². The molecule has 2 fully saturated rings. The summed E-state index contributed by atoms with van der Waals surface area (Å²) >= 11 is 0. The molecule has 0 aromatic rings. The number of hydrogen-bond acceptors (Lipinski definition) is 5. The Hall–Kier alpha value is -0.650. The molecule has 2 N–H and O–H groups in total. The molecule has 0 aromatic heterocycles. The zero-order valence-electron chi connectivity index (χ0n) is 11.3. The van der Waals surface area contributed by atoms with Crippen molar-refractivity contribution in [2.24, 2.45) is 0 Å². The molecule has 104 valence electrons. The third-order valence-electron chi connectivity index (χ3n) is 4.11. The van der Waals surface area contributed by atoms with E-state index in [1.165, 1.54) is 26.9 Å². The Labute approximate surface area is 108 Å². The van der Waals surface area contributed by atoms with Crippen molar-refractivity contribution in [3.63, 3.8) is 0 Å². The molecule has 0 aliphatic carbocycles. The summed E-state index contributed by atoms with van der Waals surface area (Å²) in [7, 11) is 1.32. The highest BCUT2D eigenvalue weighted by molar-refractivity contribution is 5.78. The van der Waals surface area contributed by atoms with Crippen LogP contribution in [0, 0.1) is 0 Å². The Morgan fingerprint density at radius 1 is 1.50 bits per heavy atom. The summed E-state index contributed by atoms with van der Waals surface area (Å²) in [5, 5.41) is 13.7. The van der Waals surface area contributed by atoms with Gasteiger partial charge in [0.25, 0.3) is 0 Å². The van der Waals surface area contributed by atoms with Gasteiger partial charge < -0.3 is 15.2 Å². The first kappa shape index (κ1) is 13.8. The summed E-state index contributed by atoms with van der Waals surface area (Å²) in [6.45, 7) is 3.94. The van der Waals surface area contributed by atoms with E-state index in [1.807, 2.05) is 0 Å². The molecule has 0 aromatic carbocycles. The second-order valence-electron chi connectivity index (χ2n) is 5.65. The Morgan fingerprint density at radius 2 is 2.28 bits per heavy atom. The lowest BCUT2D eigenvalue weighted by atomic mass is 10.0. The molecule has 2 saturated heterocycles. The van der Waals surface area contributed by atoms with Crippen molar-refractivity contribution in [1.29, 1.82) is 0 Å². The van der Waals surface area contributed by atoms with Crippen molar-refractivity contribution in [3.8, 4) is 0 Å². The smallest absolute Gasteiger partial charge is 0.338 e. The minimum atomic E-state index is -1.41. The van der Waals surface area contributed by atoms with Crippen LogP contribution >= 0.6 is 0 Å². The van der Waals surface area contributed by atoms with Crippen molar-refractivity contribution in [2.75, 3.05) is 26.7 Å². The molecule has 0 saturated carbocycles. The fourth-order valence-electron chi connectivity index (χ4n) is 3.22. The number of likely N-dealkylation sites (tertiary alicyclic amines) is 1. The van der Waals surface area contributed by atoms with Crippen LogP contribution < -0.4 is 5.32 Å². The van der Waals surface area contributed by atoms with Crippen LogP contribution in [-0.4, -0.2) is 60.4 Å². The number of nitrogens with one attached hydrogen (secondary N) is 1. The van der Waals surface area contributed by atoms with Crippen LogP contribution in [0.5, 0.6) is 0 Å². The fraction of sp³-hybridized carbons (Fsp3) is 0.923. The van der Waals surface area contributed by atoms with Crippen molar-refractivity contribution in [1.82, 2.24) is 10.2 Å². The average molecular weight is 256 g/mol. The monoisotopic (exact) mass is 256 g/mol. The van der Waals surface area contributed by atoms with Crippen LogP contribution in [0.1, 0.15) is 32.6 Å². The number of aliphatic hydroxyl groups is 1. The second-order valence-corrected chi connectivity index (χ2v) is 5.65. The van der Waals surface area contributed by atoms with Gasteiger partial charge in [-0.25, -0.2) is 4.79 Å². The molecule has 18 heavy (non-hydrogen) atoms. The Kier molecular flexibility index (Phi) is 4.25. The predicted molar refractivity (Wildman–Crippen MR) is 68.3 cm³/mol. The van der Waals surface area contributed by atoms with E-state index < -0.39 is 11.6 Å². The number of ether oxygens (including phenoxy) is 1. The lowest BCUT2D eigenvalue weighted by Gasteiger charge is -2.33. The number of methoxy groups -OCH3 is 1. The molecule has 2 heterocycles. The maximum atomic E-state index is 11.5. The highest BCUT2D eigenvalue weighted by Crippen LogP contribution is 2.26. The van der Waals surface area contributed by atoms with E-state index >= 15 is 0 Å². The van der Waals surface area contributed by atoms with Gasteiger partial charge in [0.2, 0.25) is 0 Å². The maximum absolute atomic E-state index is 11.5. The summed E-state index contributed by atoms with van der Waals surface area (Å²) in [6, 6.07) is 0.963. The molecule has 5 nitrogen and oxygen atoms in total. The first-order valence-corrected chi connectivity index (χ1v) is 6.83. The number of hydrogen-bond donors (Lipinski definition) is 2. The van der Waals surface area contributed by atoms with Crippen molar-refractivity contribution in [2.45, 2.75) is 50.3 Å². The summed E-state index contributed by atoms with van der Waals surface area (Å²) in [5.74, 6) is -0.549. The second kappa shape index (κ2) is 5.55. The van der Waals surface area contributed by atoms with Crippen LogP contribution in [0.2, 0.25) is 0 Å². The number of β-amino-alcohol motifs (C(OH)–C–C–N with tert-alkyl or cyclic N) is 1. The van der Waals surface area contributed by atoms with Crippen molar-refractivity contribution >= 4 is 5.97 Å². The van der Waals surface area contributed by atoms with Crippen LogP contribution in [-0.2, 0) is 9.53 Å². The Balaban J connectivity index is 1.97.